The van der Waals surface area contributed by atoms with Gasteiger partial charge in [-0.15, -0.1) is 24.8 Å². The number of nitrogens with one attached hydrogen (secondary N) is 1. The summed E-state index contributed by atoms with van der Waals surface area (Å²) < 4.78 is 5.70. The molecular weight excluding hydrogens is 349 g/mol. The van der Waals surface area contributed by atoms with Crippen LogP contribution in [0.15, 0.2) is 24.3 Å². The second kappa shape index (κ2) is 11.5. The van der Waals surface area contributed by atoms with Crippen molar-refractivity contribution < 1.29 is 9.53 Å². The molecule has 0 aliphatic rings. The van der Waals surface area contributed by atoms with Gasteiger partial charge in [-0.3, -0.25) is 4.79 Å². The highest BCUT2D eigenvalue weighted by Gasteiger charge is 2.27. The fourth-order valence-corrected chi connectivity index (χ4v) is 1.85. The first-order chi connectivity index (χ1) is 10.2. The molecule has 24 heavy (non-hydrogen) atoms. The van der Waals surface area contributed by atoms with Crippen LogP contribution in [0.2, 0.25) is 0 Å². The number of carbonyl (C=O) groups excluding carboxylic acids is 1. The van der Waals surface area contributed by atoms with Crippen LogP contribution in [-0.4, -0.2) is 44.1 Å². The monoisotopic (exact) mass is 379 g/mol. The third-order valence-electron chi connectivity index (χ3n) is 3.34. The zero-order valence-corrected chi connectivity index (χ0v) is 16.8. The Morgan fingerprint density at radius 2 is 1.92 bits per heavy atom. The second-order valence-corrected chi connectivity index (χ2v) is 6.87. The highest BCUT2D eigenvalue weighted by atomic mass is 35.5. The highest BCUT2D eigenvalue weighted by Crippen LogP contribution is 2.21. The number of hydrogen-bond acceptors (Lipinski definition) is 4. The molecule has 1 aromatic rings. The van der Waals surface area contributed by atoms with E-state index in [-0.39, 0.29) is 36.1 Å². The van der Waals surface area contributed by atoms with E-state index in [1.807, 2.05) is 59.1 Å². The maximum atomic E-state index is 12.1. The van der Waals surface area contributed by atoms with Gasteiger partial charge in [0.25, 0.3) is 0 Å². The molecule has 1 aromatic carbocycles. The summed E-state index contributed by atoms with van der Waals surface area (Å²) in [6.07, 6.45) is 0.957. The van der Waals surface area contributed by atoms with Crippen LogP contribution in [0.4, 0.5) is 5.69 Å². The molecule has 0 aromatic heterocycles. The Morgan fingerprint density at radius 3 is 2.46 bits per heavy atom. The fraction of sp³-hybridized carbons (Fsp3) is 0.588. The van der Waals surface area contributed by atoms with E-state index in [4.69, 9.17) is 10.5 Å². The molecule has 1 amide bonds. The smallest absolute Gasteiger partial charge is 0.241 e. The fourth-order valence-electron chi connectivity index (χ4n) is 1.85. The van der Waals surface area contributed by atoms with Gasteiger partial charge in [-0.1, -0.05) is 26.8 Å². The first kappa shape index (κ1) is 25.2. The molecule has 1 rings (SSSR count). The van der Waals surface area contributed by atoms with Crippen molar-refractivity contribution in [2.24, 2.45) is 11.1 Å². The number of hydrogen-bond donors (Lipinski definition) is 2. The Kier molecular flexibility index (Phi) is 12.1. The second-order valence-electron chi connectivity index (χ2n) is 6.87. The average molecular weight is 380 g/mol. The number of amides is 1. The normalized spacial score (nSPS) is 12.0. The molecule has 7 heteroatoms. The summed E-state index contributed by atoms with van der Waals surface area (Å²) in [6.45, 7) is 7.47. The van der Waals surface area contributed by atoms with E-state index in [2.05, 4.69) is 10.2 Å². The minimum Gasteiger partial charge on any atom is -0.493 e. The van der Waals surface area contributed by atoms with E-state index in [0.29, 0.717) is 12.3 Å². The standard InChI is InChI=1S/C17H29N3O2.2ClH/c1-17(2,3)15(18)16(21)19-13-8-6-9-14(12-13)22-11-7-10-20(4)5;;/h6,8-9,12,15H,7,10-11,18H2,1-5H3,(H,19,21);2*1H/t15-;;/m1../s1. The van der Waals surface area contributed by atoms with Crippen molar-refractivity contribution in [3.63, 3.8) is 0 Å². The number of anilines is 1. The number of carbonyl (C=O) groups is 1. The number of nitrogens with two attached hydrogens (primary N) is 1. The van der Waals surface area contributed by atoms with Gasteiger partial charge in [0.2, 0.25) is 5.91 Å². The topological polar surface area (TPSA) is 67.6 Å². The molecule has 0 saturated heterocycles. The van der Waals surface area contributed by atoms with Gasteiger partial charge >= 0.3 is 0 Å². The van der Waals surface area contributed by atoms with Crippen molar-refractivity contribution in [2.75, 3.05) is 32.6 Å². The third-order valence-corrected chi connectivity index (χ3v) is 3.34. The summed E-state index contributed by atoms with van der Waals surface area (Å²) in [6, 6.07) is 6.84. The predicted molar refractivity (Wildman–Crippen MR) is 106 cm³/mol. The molecular formula is C17H31Cl2N3O2. The van der Waals surface area contributed by atoms with Crippen molar-refractivity contribution in [3.8, 4) is 5.75 Å². The number of benzene rings is 1. The van der Waals surface area contributed by atoms with Gasteiger partial charge in [0.05, 0.1) is 12.6 Å². The Morgan fingerprint density at radius 1 is 1.29 bits per heavy atom. The van der Waals surface area contributed by atoms with Crippen molar-refractivity contribution >= 4 is 36.4 Å². The Hall–Kier alpha value is -1.01. The van der Waals surface area contributed by atoms with Crippen LogP contribution in [0.25, 0.3) is 0 Å². The molecule has 1 atom stereocenters. The van der Waals surface area contributed by atoms with Gasteiger partial charge in [-0.25, -0.2) is 0 Å². The van der Waals surface area contributed by atoms with Crippen LogP contribution in [0.1, 0.15) is 27.2 Å². The Bertz CT molecular complexity index is 491. The SMILES string of the molecule is CN(C)CCCOc1cccc(NC(=O)[C@@H](N)C(C)(C)C)c1.Cl.Cl. The Balaban J connectivity index is 0. The van der Waals surface area contributed by atoms with Crippen LogP contribution in [0, 0.1) is 5.41 Å². The molecule has 0 unspecified atom stereocenters. The average Bonchev–Trinajstić information content (AvgIpc) is 2.42. The zero-order valence-electron chi connectivity index (χ0n) is 15.2. The molecule has 3 N–H and O–H groups in total. The van der Waals surface area contributed by atoms with Gasteiger partial charge in [0, 0.05) is 18.3 Å². The predicted octanol–water partition coefficient (Wildman–Crippen LogP) is 3.17. The molecule has 0 heterocycles. The van der Waals surface area contributed by atoms with Gasteiger partial charge in [-0.05, 0) is 38.1 Å². The number of rotatable bonds is 7. The summed E-state index contributed by atoms with van der Waals surface area (Å²) in [5.74, 6) is 0.568. The number of ether oxygens (including phenoxy) is 1. The van der Waals surface area contributed by atoms with E-state index >= 15 is 0 Å². The Labute approximate surface area is 158 Å². The lowest BCUT2D eigenvalue weighted by Crippen LogP contribution is -2.45. The maximum absolute atomic E-state index is 12.1. The van der Waals surface area contributed by atoms with Crippen LogP contribution in [0.5, 0.6) is 5.75 Å². The first-order valence-corrected chi connectivity index (χ1v) is 7.64. The summed E-state index contributed by atoms with van der Waals surface area (Å²) >= 11 is 0. The van der Waals surface area contributed by atoms with Crippen LogP contribution < -0.4 is 15.8 Å². The maximum Gasteiger partial charge on any atom is 0.241 e. The minimum absolute atomic E-state index is 0. The van der Waals surface area contributed by atoms with Crippen molar-refractivity contribution in [1.82, 2.24) is 4.90 Å². The summed E-state index contributed by atoms with van der Waals surface area (Å²) in [5.41, 5.74) is 6.39. The molecule has 5 nitrogen and oxygen atoms in total. The van der Waals surface area contributed by atoms with Crippen molar-refractivity contribution in [1.29, 1.82) is 0 Å². The van der Waals surface area contributed by atoms with Crippen molar-refractivity contribution in [3.05, 3.63) is 24.3 Å². The minimum atomic E-state index is -0.558. The molecule has 0 aliphatic heterocycles. The van der Waals surface area contributed by atoms with E-state index in [9.17, 15) is 4.79 Å². The zero-order chi connectivity index (χ0) is 16.8. The van der Waals surface area contributed by atoms with E-state index in [1.165, 1.54) is 0 Å². The number of nitrogens with zero attached hydrogens (tertiary/aromatic N) is 1. The molecule has 0 saturated carbocycles. The molecule has 0 spiro atoms. The number of halogens is 2. The van der Waals surface area contributed by atoms with E-state index in [1.54, 1.807) is 0 Å². The molecule has 0 radical (unpaired) electrons. The first-order valence-electron chi connectivity index (χ1n) is 7.64. The van der Waals surface area contributed by atoms with Gasteiger partial charge < -0.3 is 20.7 Å². The highest BCUT2D eigenvalue weighted by molar-refractivity contribution is 5.95. The van der Waals surface area contributed by atoms with Crippen LogP contribution >= 0.6 is 24.8 Å². The molecule has 140 valence electrons. The third kappa shape index (κ3) is 9.33. The van der Waals surface area contributed by atoms with Gasteiger partial charge in [0.1, 0.15) is 5.75 Å². The molecule has 0 bridgehead atoms. The van der Waals surface area contributed by atoms with Crippen LogP contribution in [-0.2, 0) is 4.79 Å². The van der Waals surface area contributed by atoms with E-state index < -0.39 is 6.04 Å². The molecule has 0 fully saturated rings. The summed E-state index contributed by atoms with van der Waals surface area (Å²) in [4.78, 5) is 14.2. The largest absolute Gasteiger partial charge is 0.493 e. The lowest BCUT2D eigenvalue weighted by atomic mass is 9.87. The van der Waals surface area contributed by atoms with E-state index in [0.717, 1.165) is 18.7 Å². The quantitative estimate of drug-likeness (QED) is 0.713. The lowest BCUT2D eigenvalue weighted by Gasteiger charge is -2.25. The van der Waals surface area contributed by atoms with Crippen LogP contribution in [0.3, 0.4) is 0 Å². The van der Waals surface area contributed by atoms with Crippen molar-refractivity contribution in [2.45, 2.75) is 33.2 Å². The van der Waals surface area contributed by atoms with Gasteiger partial charge in [0.15, 0.2) is 0 Å². The lowest BCUT2D eigenvalue weighted by molar-refractivity contribution is -0.119. The molecule has 0 aliphatic carbocycles. The summed E-state index contributed by atoms with van der Waals surface area (Å²) in [7, 11) is 4.07. The summed E-state index contributed by atoms with van der Waals surface area (Å²) in [5, 5.41) is 2.85. The van der Waals surface area contributed by atoms with Gasteiger partial charge in [-0.2, -0.15) is 0 Å².